The number of aliphatic hydroxyl groups excluding tert-OH is 1. The Balaban J connectivity index is 1.95. The molecule has 1 fully saturated rings. The molecule has 7 heteroatoms. The van der Waals surface area contributed by atoms with Crippen molar-refractivity contribution in [3.8, 4) is 0 Å². The smallest absolute Gasteiger partial charge is 0.293 e. The third-order valence-corrected chi connectivity index (χ3v) is 3.56. The summed E-state index contributed by atoms with van der Waals surface area (Å²) in [6.07, 6.45) is 1.75. The van der Waals surface area contributed by atoms with E-state index >= 15 is 0 Å². The van der Waals surface area contributed by atoms with Gasteiger partial charge in [-0.25, -0.2) is 8.78 Å². The first-order chi connectivity index (χ1) is 10.1. The molecule has 1 aliphatic heterocycles. The zero-order valence-corrected chi connectivity index (χ0v) is 12.9. The molecule has 1 heterocycles. The van der Waals surface area contributed by atoms with Gasteiger partial charge in [-0.1, -0.05) is 0 Å². The van der Waals surface area contributed by atoms with Gasteiger partial charge < -0.3 is 19.5 Å². The highest BCUT2D eigenvalue weighted by molar-refractivity contribution is 4.71. The van der Waals surface area contributed by atoms with Crippen molar-refractivity contribution in [3.63, 3.8) is 0 Å². The van der Waals surface area contributed by atoms with Crippen LogP contribution in [0.1, 0.15) is 12.8 Å². The van der Waals surface area contributed by atoms with Crippen LogP contribution in [0.25, 0.3) is 0 Å². The Morgan fingerprint density at radius 3 is 2.19 bits per heavy atom. The van der Waals surface area contributed by atoms with Crippen LogP contribution in [0.3, 0.4) is 0 Å². The summed E-state index contributed by atoms with van der Waals surface area (Å²) in [5, 5.41) is 8.87. The zero-order chi connectivity index (χ0) is 15.6. The van der Waals surface area contributed by atoms with Crippen molar-refractivity contribution in [1.29, 1.82) is 0 Å². The number of rotatable bonds is 11. The average Bonchev–Trinajstić information content (AvgIpc) is 2.44. The lowest BCUT2D eigenvalue weighted by Gasteiger charge is -2.34. The van der Waals surface area contributed by atoms with Crippen molar-refractivity contribution in [2.45, 2.75) is 18.8 Å². The summed E-state index contributed by atoms with van der Waals surface area (Å²) in [6.45, 7) is 5.13. The predicted octanol–water partition coefficient (Wildman–Crippen LogP) is 0.675. The van der Waals surface area contributed by atoms with E-state index in [1.165, 1.54) is 7.11 Å². The Morgan fingerprint density at radius 1 is 1.00 bits per heavy atom. The van der Waals surface area contributed by atoms with Gasteiger partial charge in [0.15, 0.2) is 0 Å². The summed E-state index contributed by atoms with van der Waals surface area (Å²) in [5.41, 5.74) is 0. The number of hydrogen-bond donors (Lipinski definition) is 1. The lowest BCUT2D eigenvalue weighted by Crippen LogP contribution is -2.47. The van der Waals surface area contributed by atoms with Crippen LogP contribution in [-0.4, -0.2) is 93.6 Å². The van der Waals surface area contributed by atoms with Crippen molar-refractivity contribution >= 4 is 0 Å². The number of ether oxygens (including phenoxy) is 2. The number of unbranched alkanes of at least 4 members (excludes halogenated alkanes) is 1. The van der Waals surface area contributed by atoms with Crippen LogP contribution in [0.15, 0.2) is 0 Å². The van der Waals surface area contributed by atoms with Gasteiger partial charge in [0.05, 0.1) is 6.61 Å². The van der Waals surface area contributed by atoms with E-state index in [4.69, 9.17) is 9.84 Å². The molecular formula is C14H28F2N2O3. The molecular weight excluding hydrogens is 282 g/mol. The summed E-state index contributed by atoms with van der Waals surface area (Å²) in [4.78, 5) is 4.62. The minimum Gasteiger partial charge on any atom is -0.395 e. The van der Waals surface area contributed by atoms with Gasteiger partial charge in [-0.2, -0.15) is 0 Å². The van der Waals surface area contributed by atoms with Crippen LogP contribution in [0.2, 0.25) is 0 Å². The zero-order valence-electron chi connectivity index (χ0n) is 12.9. The molecule has 0 spiro atoms. The molecule has 0 bridgehead atoms. The van der Waals surface area contributed by atoms with Crippen molar-refractivity contribution in [2.24, 2.45) is 0 Å². The van der Waals surface area contributed by atoms with Crippen LogP contribution >= 0.6 is 0 Å². The Bertz CT molecular complexity index is 263. The number of aliphatic hydroxyl groups is 1. The van der Waals surface area contributed by atoms with E-state index in [0.29, 0.717) is 6.61 Å². The van der Waals surface area contributed by atoms with Crippen molar-refractivity contribution in [1.82, 2.24) is 9.80 Å². The highest BCUT2D eigenvalue weighted by Crippen LogP contribution is 2.14. The molecule has 126 valence electrons. The fourth-order valence-corrected chi connectivity index (χ4v) is 2.39. The van der Waals surface area contributed by atoms with Gasteiger partial charge in [-0.05, 0) is 19.4 Å². The quantitative estimate of drug-likeness (QED) is 0.569. The first kappa shape index (κ1) is 18.7. The molecule has 0 aromatic rings. The molecule has 5 nitrogen and oxygen atoms in total. The van der Waals surface area contributed by atoms with Crippen LogP contribution < -0.4 is 0 Å². The molecule has 1 saturated heterocycles. The first-order valence-electron chi connectivity index (χ1n) is 7.57. The van der Waals surface area contributed by atoms with Gasteiger partial charge in [0.2, 0.25) is 0 Å². The van der Waals surface area contributed by atoms with Crippen molar-refractivity contribution in [2.75, 3.05) is 72.8 Å². The van der Waals surface area contributed by atoms with E-state index in [1.54, 1.807) is 0 Å². The third kappa shape index (κ3) is 8.63. The van der Waals surface area contributed by atoms with Crippen LogP contribution in [0, 0.1) is 0 Å². The Hall–Kier alpha value is -0.340. The molecule has 0 unspecified atom stereocenters. The maximum Gasteiger partial charge on any atom is 0.293 e. The molecule has 0 aromatic heterocycles. The molecule has 0 saturated carbocycles. The third-order valence-electron chi connectivity index (χ3n) is 3.56. The second-order valence-corrected chi connectivity index (χ2v) is 5.46. The minimum absolute atomic E-state index is 0.213. The molecule has 1 rings (SSSR count). The van der Waals surface area contributed by atoms with E-state index in [0.717, 1.165) is 52.1 Å². The molecule has 1 aliphatic rings. The Morgan fingerprint density at radius 2 is 1.62 bits per heavy atom. The van der Waals surface area contributed by atoms with Gasteiger partial charge in [-0.3, -0.25) is 4.90 Å². The highest BCUT2D eigenvalue weighted by Gasteiger charge is 2.28. The van der Waals surface area contributed by atoms with E-state index in [9.17, 15) is 8.78 Å². The van der Waals surface area contributed by atoms with Gasteiger partial charge in [0.1, 0.15) is 13.2 Å². The predicted molar refractivity (Wildman–Crippen MR) is 76.8 cm³/mol. The van der Waals surface area contributed by atoms with Gasteiger partial charge in [0, 0.05) is 46.4 Å². The molecule has 1 N–H and O–H groups in total. The number of alkyl halides is 2. The van der Waals surface area contributed by atoms with Gasteiger partial charge in [0.25, 0.3) is 5.92 Å². The lowest BCUT2D eigenvalue weighted by atomic mass is 10.2. The fraction of sp³-hybridized carbons (Fsp3) is 1.00. The van der Waals surface area contributed by atoms with Gasteiger partial charge in [-0.15, -0.1) is 0 Å². The average molecular weight is 310 g/mol. The molecule has 0 amide bonds. The van der Waals surface area contributed by atoms with Crippen LogP contribution in [-0.2, 0) is 9.47 Å². The number of β-amino-alcohol motifs (C(OH)–C–C–N with tert-alkyl or cyclic N) is 1. The summed E-state index contributed by atoms with van der Waals surface area (Å²) >= 11 is 0. The first-order valence-corrected chi connectivity index (χ1v) is 7.57. The second-order valence-electron chi connectivity index (χ2n) is 5.46. The summed E-state index contributed by atoms with van der Waals surface area (Å²) in [7, 11) is 1.26. The van der Waals surface area contributed by atoms with Crippen LogP contribution in [0.4, 0.5) is 8.78 Å². The topological polar surface area (TPSA) is 45.2 Å². The van der Waals surface area contributed by atoms with Gasteiger partial charge >= 0.3 is 0 Å². The van der Waals surface area contributed by atoms with E-state index in [1.807, 2.05) is 0 Å². The monoisotopic (exact) mass is 310 g/mol. The number of nitrogens with zero attached hydrogens (tertiary/aromatic N) is 2. The lowest BCUT2D eigenvalue weighted by molar-refractivity contribution is -0.116. The maximum absolute atomic E-state index is 13.0. The standard InChI is InChI=1S/C14H28F2N2O3/c1-20-12-14(15,16)13-21-11-3-2-4-17-5-7-18(8-6-17)9-10-19/h19H,2-13H2,1H3. The molecule has 21 heavy (non-hydrogen) atoms. The van der Waals surface area contributed by atoms with E-state index in [-0.39, 0.29) is 6.61 Å². The molecule has 0 radical (unpaired) electrons. The number of methoxy groups -OCH3 is 1. The summed E-state index contributed by atoms with van der Waals surface area (Å²) in [5.74, 6) is -2.89. The minimum atomic E-state index is -2.89. The largest absolute Gasteiger partial charge is 0.395 e. The molecule has 0 aromatic carbocycles. The maximum atomic E-state index is 13.0. The molecule has 0 atom stereocenters. The van der Waals surface area contributed by atoms with E-state index in [2.05, 4.69) is 14.5 Å². The van der Waals surface area contributed by atoms with Crippen LogP contribution in [0.5, 0.6) is 0 Å². The Kier molecular flexibility index (Phi) is 9.26. The summed E-state index contributed by atoms with van der Waals surface area (Å²) in [6, 6.07) is 0. The van der Waals surface area contributed by atoms with E-state index < -0.39 is 19.1 Å². The number of hydrogen-bond acceptors (Lipinski definition) is 5. The molecule has 0 aliphatic carbocycles. The fourth-order valence-electron chi connectivity index (χ4n) is 2.39. The SMILES string of the molecule is COCC(F)(F)COCCCCN1CCN(CCO)CC1. The van der Waals surface area contributed by atoms with Crippen molar-refractivity contribution in [3.05, 3.63) is 0 Å². The van der Waals surface area contributed by atoms with Crippen molar-refractivity contribution < 1.29 is 23.4 Å². The second kappa shape index (κ2) is 10.4. The highest BCUT2D eigenvalue weighted by atomic mass is 19.3. The summed E-state index contributed by atoms with van der Waals surface area (Å²) < 4.78 is 35.5. The number of halogens is 2. The Labute approximate surface area is 125 Å². The normalized spacial score (nSPS) is 18.3. The number of piperazine rings is 1.